The molecule has 1 unspecified atom stereocenters. The summed E-state index contributed by atoms with van der Waals surface area (Å²) in [6, 6.07) is 8.46. The first-order chi connectivity index (χ1) is 6.58. The van der Waals surface area contributed by atoms with E-state index >= 15 is 0 Å². The standard InChI is InChI=1S/C10H9ClO3/c1-8(13)10(11,7-12)14-9-5-3-2-4-6-9/h2-7H,1H3. The van der Waals surface area contributed by atoms with Crippen LogP contribution >= 0.6 is 11.6 Å². The number of ether oxygens (including phenoxy) is 1. The molecule has 1 aromatic carbocycles. The van der Waals surface area contributed by atoms with Gasteiger partial charge in [-0.05, 0) is 12.1 Å². The van der Waals surface area contributed by atoms with E-state index in [1.54, 1.807) is 30.3 Å². The topological polar surface area (TPSA) is 43.4 Å². The number of Topliss-reactive ketones (excluding diaryl/α,β-unsaturated/α-hetero) is 1. The number of carbonyl (C=O) groups is 2. The minimum Gasteiger partial charge on any atom is -0.457 e. The van der Waals surface area contributed by atoms with Crippen LogP contribution in [-0.2, 0) is 9.59 Å². The molecule has 1 rings (SSSR count). The first-order valence-corrected chi connectivity index (χ1v) is 4.36. The number of halogens is 1. The third-order valence-electron chi connectivity index (χ3n) is 1.64. The first kappa shape index (κ1) is 10.7. The predicted molar refractivity (Wildman–Crippen MR) is 52.4 cm³/mol. The van der Waals surface area contributed by atoms with Crippen LogP contribution in [0.4, 0.5) is 0 Å². The van der Waals surface area contributed by atoms with Crippen molar-refractivity contribution in [3.63, 3.8) is 0 Å². The molecular weight excluding hydrogens is 204 g/mol. The second kappa shape index (κ2) is 4.24. The number of alkyl halides is 1. The van der Waals surface area contributed by atoms with Crippen LogP contribution in [0.3, 0.4) is 0 Å². The molecule has 0 saturated carbocycles. The summed E-state index contributed by atoms with van der Waals surface area (Å²) in [7, 11) is 0. The number of carbonyl (C=O) groups excluding carboxylic acids is 2. The summed E-state index contributed by atoms with van der Waals surface area (Å²) in [6.07, 6.45) is 0.282. The monoisotopic (exact) mass is 212 g/mol. The minimum atomic E-state index is -1.90. The third-order valence-corrected chi connectivity index (χ3v) is 2.07. The van der Waals surface area contributed by atoms with E-state index in [4.69, 9.17) is 16.3 Å². The fraction of sp³-hybridized carbons (Fsp3) is 0.200. The van der Waals surface area contributed by atoms with E-state index in [1.807, 2.05) is 0 Å². The fourth-order valence-corrected chi connectivity index (χ4v) is 0.928. The zero-order chi connectivity index (χ0) is 10.6. The summed E-state index contributed by atoms with van der Waals surface area (Å²) in [5.74, 6) is -0.164. The lowest BCUT2D eigenvalue weighted by Gasteiger charge is -2.18. The van der Waals surface area contributed by atoms with Crippen molar-refractivity contribution in [2.45, 2.75) is 12.0 Å². The number of hydrogen-bond acceptors (Lipinski definition) is 3. The molecule has 14 heavy (non-hydrogen) atoms. The van der Waals surface area contributed by atoms with Crippen molar-refractivity contribution in [2.75, 3.05) is 0 Å². The molecule has 0 aliphatic carbocycles. The molecule has 0 bridgehead atoms. The van der Waals surface area contributed by atoms with Crippen molar-refractivity contribution in [2.24, 2.45) is 0 Å². The van der Waals surface area contributed by atoms with Gasteiger partial charge in [0.1, 0.15) is 5.75 Å². The van der Waals surface area contributed by atoms with E-state index in [0.717, 1.165) is 0 Å². The highest BCUT2D eigenvalue weighted by molar-refractivity contribution is 6.42. The van der Waals surface area contributed by atoms with Gasteiger partial charge in [-0.25, -0.2) is 0 Å². The lowest BCUT2D eigenvalue weighted by atomic mass is 10.2. The fourth-order valence-electron chi connectivity index (χ4n) is 0.839. The van der Waals surface area contributed by atoms with Gasteiger partial charge >= 0.3 is 0 Å². The van der Waals surface area contributed by atoms with Crippen molar-refractivity contribution in [1.29, 1.82) is 0 Å². The molecule has 1 atom stereocenters. The van der Waals surface area contributed by atoms with Crippen LogP contribution in [-0.4, -0.2) is 17.1 Å². The summed E-state index contributed by atoms with van der Waals surface area (Å²) in [5, 5.41) is -1.90. The Labute approximate surface area is 86.6 Å². The molecule has 0 aromatic heterocycles. The van der Waals surface area contributed by atoms with E-state index in [2.05, 4.69) is 0 Å². The smallest absolute Gasteiger partial charge is 0.295 e. The lowest BCUT2D eigenvalue weighted by Crippen LogP contribution is -2.38. The Kier molecular flexibility index (Phi) is 3.25. The summed E-state index contributed by atoms with van der Waals surface area (Å²) in [6.45, 7) is 1.20. The zero-order valence-corrected chi connectivity index (χ0v) is 8.32. The van der Waals surface area contributed by atoms with Crippen LogP contribution in [0.2, 0.25) is 0 Å². The van der Waals surface area contributed by atoms with Gasteiger partial charge in [0.25, 0.3) is 5.06 Å². The van der Waals surface area contributed by atoms with Gasteiger partial charge in [0, 0.05) is 6.92 Å². The van der Waals surface area contributed by atoms with Gasteiger partial charge in [0.15, 0.2) is 12.1 Å². The third kappa shape index (κ3) is 2.33. The minimum absolute atomic E-state index is 0.282. The number of para-hydroxylation sites is 1. The zero-order valence-electron chi connectivity index (χ0n) is 7.57. The maximum absolute atomic E-state index is 11.0. The maximum Gasteiger partial charge on any atom is 0.295 e. The number of rotatable bonds is 4. The Balaban J connectivity index is 2.86. The summed E-state index contributed by atoms with van der Waals surface area (Å²) >= 11 is 5.65. The summed E-state index contributed by atoms with van der Waals surface area (Å²) in [5.41, 5.74) is 0. The van der Waals surface area contributed by atoms with E-state index < -0.39 is 10.8 Å². The van der Waals surface area contributed by atoms with Crippen LogP contribution in [0.15, 0.2) is 30.3 Å². The second-order valence-corrected chi connectivity index (χ2v) is 3.30. The average molecular weight is 213 g/mol. The normalized spacial score (nSPS) is 14.1. The summed E-state index contributed by atoms with van der Waals surface area (Å²) in [4.78, 5) is 21.6. The molecule has 0 aliphatic heterocycles. The molecule has 0 heterocycles. The van der Waals surface area contributed by atoms with Crippen LogP contribution in [0, 0.1) is 0 Å². The Morgan fingerprint density at radius 1 is 1.43 bits per heavy atom. The number of aldehydes is 1. The van der Waals surface area contributed by atoms with Gasteiger partial charge in [0.05, 0.1) is 0 Å². The number of benzene rings is 1. The van der Waals surface area contributed by atoms with Crippen molar-refractivity contribution in [1.82, 2.24) is 0 Å². The molecular formula is C10H9ClO3. The van der Waals surface area contributed by atoms with Gasteiger partial charge in [-0.1, -0.05) is 29.8 Å². The van der Waals surface area contributed by atoms with Crippen LogP contribution in [0.1, 0.15) is 6.92 Å². The molecule has 0 fully saturated rings. The Morgan fingerprint density at radius 2 is 2.00 bits per heavy atom. The summed E-state index contributed by atoms with van der Waals surface area (Å²) < 4.78 is 5.06. The highest BCUT2D eigenvalue weighted by Crippen LogP contribution is 2.20. The van der Waals surface area contributed by atoms with Gasteiger partial charge in [-0.15, -0.1) is 0 Å². The quantitative estimate of drug-likeness (QED) is 0.434. The number of ketones is 1. The molecule has 0 saturated heterocycles. The van der Waals surface area contributed by atoms with Gasteiger partial charge in [0.2, 0.25) is 0 Å². The largest absolute Gasteiger partial charge is 0.457 e. The molecule has 0 spiro atoms. The average Bonchev–Trinajstić information content (AvgIpc) is 2.19. The van der Waals surface area contributed by atoms with E-state index in [9.17, 15) is 9.59 Å². The molecule has 0 radical (unpaired) electrons. The highest BCUT2D eigenvalue weighted by atomic mass is 35.5. The molecule has 0 N–H and O–H groups in total. The number of hydrogen-bond donors (Lipinski definition) is 0. The maximum atomic E-state index is 11.0. The predicted octanol–water partition coefficient (Wildman–Crippen LogP) is 1.79. The molecule has 74 valence electrons. The molecule has 0 aliphatic rings. The SMILES string of the molecule is CC(=O)C(Cl)(C=O)Oc1ccccc1. The van der Waals surface area contributed by atoms with Crippen LogP contribution < -0.4 is 4.74 Å². The molecule has 3 nitrogen and oxygen atoms in total. The Morgan fingerprint density at radius 3 is 2.43 bits per heavy atom. The van der Waals surface area contributed by atoms with Crippen LogP contribution in [0.5, 0.6) is 5.75 Å². The van der Waals surface area contributed by atoms with Crippen LogP contribution in [0.25, 0.3) is 0 Å². The van der Waals surface area contributed by atoms with Gasteiger partial charge in [-0.2, -0.15) is 0 Å². The Bertz CT molecular complexity index is 336. The van der Waals surface area contributed by atoms with E-state index in [1.165, 1.54) is 6.92 Å². The second-order valence-electron chi connectivity index (χ2n) is 2.73. The molecule has 0 amide bonds. The van der Waals surface area contributed by atoms with Gasteiger partial charge < -0.3 is 4.74 Å². The van der Waals surface area contributed by atoms with E-state index in [0.29, 0.717) is 5.75 Å². The molecule has 1 aromatic rings. The van der Waals surface area contributed by atoms with Gasteiger partial charge in [-0.3, -0.25) is 9.59 Å². The highest BCUT2D eigenvalue weighted by Gasteiger charge is 2.35. The Hall–Kier alpha value is -1.35. The first-order valence-electron chi connectivity index (χ1n) is 3.99. The van der Waals surface area contributed by atoms with Crippen molar-refractivity contribution >= 4 is 23.7 Å². The lowest BCUT2D eigenvalue weighted by molar-refractivity contribution is -0.132. The van der Waals surface area contributed by atoms with Crippen molar-refractivity contribution in [3.05, 3.63) is 30.3 Å². The molecule has 4 heteroatoms. The van der Waals surface area contributed by atoms with Crippen molar-refractivity contribution in [3.8, 4) is 5.75 Å². The van der Waals surface area contributed by atoms with E-state index in [-0.39, 0.29) is 6.29 Å². The van der Waals surface area contributed by atoms with Crippen molar-refractivity contribution < 1.29 is 14.3 Å².